The molecule has 5 nitrogen and oxygen atoms in total. The smallest absolute Gasteiger partial charge is 0.0925 e. The van der Waals surface area contributed by atoms with E-state index >= 15 is 0 Å². The summed E-state index contributed by atoms with van der Waals surface area (Å²) in [5, 5.41) is 14.9. The summed E-state index contributed by atoms with van der Waals surface area (Å²) < 4.78 is 5.96. The van der Waals surface area contributed by atoms with Gasteiger partial charge in [-0.1, -0.05) is 0 Å². The summed E-state index contributed by atoms with van der Waals surface area (Å²) in [5.74, 6) is 0. The van der Waals surface area contributed by atoms with Gasteiger partial charge in [0.2, 0.25) is 0 Å². The molecule has 0 amide bonds. The van der Waals surface area contributed by atoms with Gasteiger partial charge in [-0.05, 0) is 0 Å². The Labute approximate surface area is 85.7 Å². The van der Waals surface area contributed by atoms with E-state index in [1.165, 1.54) is 18.7 Å². The summed E-state index contributed by atoms with van der Waals surface area (Å²) in [5.41, 5.74) is 0. The molecule has 0 aromatic rings. The van der Waals surface area contributed by atoms with Crippen LogP contribution in [0.25, 0.3) is 5.41 Å². The van der Waals surface area contributed by atoms with Gasteiger partial charge in [0.05, 0.1) is 40.5 Å². The average molecular weight is 198 g/mol. The van der Waals surface area contributed by atoms with Crippen LogP contribution in [0.3, 0.4) is 0 Å². The van der Waals surface area contributed by atoms with Crippen molar-refractivity contribution in [3.8, 4) is 6.19 Å². The normalized spacial score (nSPS) is 9.07. The molecule has 0 saturated carbocycles. The molecular weight excluding hydrogens is 180 g/mol. The zero-order valence-electron chi connectivity index (χ0n) is 9.32. The second-order valence-electron chi connectivity index (χ2n) is 3.67. The monoisotopic (exact) mass is 198 g/mol. The van der Waals surface area contributed by atoms with Crippen molar-refractivity contribution in [2.45, 2.75) is 6.42 Å². The minimum absolute atomic E-state index is 0.884. The fourth-order valence-electron chi connectivity index (χ4n) is 0.706. The van der Waals surface area contributed by atoms with Crippen molar-refractivity contribution >= 4 is 6.01 Å². The molecule has 0 fully saturated rings. The third-order valence-corrected chi connectivity index (χ3v) is 1.28. The van der Waals surface area contributed by atoms with E-state index in [4.69, 9.17) is 15.4 Å². The molecule has 0 atom stereocenters. The predicted molar refractivity (Wildman–Crippen MR) is 55.8 cm³/mol. The number of quaternary nitrogens is 1. The molecule has 0 aliphatic rings. The van der Waals surface area contributed by atoms with Gasteiger partial charge in [-0.3, -0.25) is 0 Å². The first kappa shape index (κ1) is 15.3. The van der Waals surface area contributed by atoms with Crippen LogP contribution >= 0.6 is 0 Å². The number of nitriles is 1. The second-order valence-corrected chi connectivity index (χ2v) is 3.67. The van der Waals surface area contributed by atoms with E-state index in [2.05, 4.69) is 26.1 Å². The summed E-state index contributed by atoms with van der Waals surface area (Å²) >= 11 is 0. The van der Waals surface area contributed by atoms with Crippen molar-refractivity contribution in [1.29, 1.82) is 5.26 Å². The van der Waals surface area contributed by atoms with Crippen LogP contribution in [0.2, 0.25) is 0 Å². The number of ether oxygens (including phenoxy) is 1. The molecule has 14 heavy (non-hydrogen) atoms. The number of nitrogens with zero attached hydrogens (tertiary/aromatic N) is 4. The zero-order chi connectivity index (χ0) is 11.4. The van der Waals surface area contributed by atoms with E-state index in [0.717, 1.165) is 17.5 Å². The van der Waals surface area contributed by atoms with Gasteiger partial charge in [0.15, 0.2) is 0 Å². The van der Waals surface area contributed by atoms with Crippen molar-refractivity contribution < 1.29 is 9.22 Å². The van der Waals surface area contributed by atoms with Crippen LogP contribution in [0.4, 0.5) is 0 Å². The van der Waals surface area contributed by atoms with Crippen LogP contribution in [0.5, 0.6) is 0 Å². The number of rotatable bonds is 4. The number of hydrogen-bond donors (Lipinski definition) is 0. The Bertz CT molecular complexity index is 208. The largest absolute Gasteiger partial charge is 0.422 e. The lowest BCUT2D eigenvalue weighted by atomic mass is 10.4. The highest BCUT2D eigenvalue weighted by Crippen LogP contribution is 1.92. The lowest BCUT2D eigenvalue weighted by Crippen LogP contribution is -2.35. The molecule has 0 radical (unpaired) electrons. The molecule has 0 unspecified atom stereocenters. The molecular formula is C9H18N4O. The molecule has 0 aromatic heterocycles. The maximum absolute atomic E-state index is 7.43. The van der Waals surface area contributed by atoms with Crippen LogP contribution in [-0.2, 0) is 4.74 Å². The molecule has 0 saturated heterocycles. The number of methoxy groups -OCH3 is 1. The molecule has 0 N–H and O–H groups in total. The van der Waals surface area contributed by atoms with Gasteiger partial charge in [0.25, 0.3) is 0 Å². The minimum atomic E-state index is 0.884. The maximum atomic E-state index is 7.43. The Morgan fingerprint density at radius 3 is 2.21 bits per heavy atom. The Balaban J connectivity index is 0. The molecule has 0 aromatic carbocycles. The van der Waals surface area contributed by atoms with Crippen molar-refractivity contribution in [2.75, 3.05) is 41.4 Å². The summed E-state index contributed by atoms with van der Waals surface area (Å²) in [6, 6.07) is 1.28. The van der Waals surface area contributed by atoms with Gasteiger partial charge in [-0.15, -0.1) is 6.01 Å². The Morgan fingerprint density at radius 1 is 1.43 bits per heavy atom. The summed E-state index contributed by atoms with van der Waals surface area (Å²) in [7, 11) is 8.32. The van der Waals surface area contributed by atoms with Crippen molar-refractivity contribution in [3.05, 3.63) is 5.41 Å². The third kappa shape index (κ3) is 22.4. The summed E-state index contributed by atoms with van der Waals surface area (Å²) in [6.45, 7) is 2.07. The van der Waals surface area contributed by atoms with Crippen molar-refractivity contribution in [1.82, 2.24) is 0 Å². The van der Waals surface area contributed by atoms with E-state index in [9.17, 15) is 0 Å². The van der Waals surface area contributed by atoms with Crippen LogP contribution < -0.4 is 0 Å². The van der Waals surface area contributed by atoms with E-state index in [1.807, 2.05) is 0 Å². The van der Waals surface area contributed by atoms with Gasteiger partial charge in [-0.2, -0.15) is 5.26 Å². The lowest BCUT2D eigenvalue weighted by molar-refractivity contribution is -0.870. The maximum Gasteiger partial charge on any atom is 0.0925 e. The first-order valence-corrected chi connectivity index (χ1v) is 4.25. The third-order valence-electron chi connectivity index (χ3n) is 1.28. The van der Waals surface area contributed by atoms with Gasteiger partial charge in [0, 0.05) is 13.5 Å². The molecule has 0 bridgehead atoms. The highest BCUT2D eigenvalue weighted by atomic mass is 16.5. The Morgan fingerprint density at radius 2 is 2.00 bits per heavy atom. The van der Waals surface area contributed by atoms with Crippen molar-refractivity contribution in [3.63, 3.8) is 0 Å². The van der Waals surface area contributed by atoms with E-state index in [0.29, 0.717) is 0 Å². The zero-order valence-corrected chi connectivity index (χ0v) is 9.32. The first-order chi connectivity index (χ1) is 6.47. The van der Waals surface area contributed by atoms with Gasteiger partial charge in [0.1, 0.15) is 0 Å². The van der Waals surface area contributed by atoms with Crippen LogP contribution in [0.15, 0.2) is 4.99 Å². The Hall–Kier alpha value is -1.21. The minimum Gasteiger partial charge on any atom is -0.422 e. The topological polar surface area (TPSA) is 67.7 Å². The second kappa shape index (κ2) is 9.87. The summed E-state index contributed by atoms with van der Waals surface area (Å²) in [4.78, 5) is 2.58. The molecule has 0 heterocycles. The highest BCUT2D eigenvalue weighted by Gasteiger charge is 2.04. The lowest BCUT2D eigenvalue weighted by Gasteiger charge is -2.23. The number of hydrogen-bond acceptors (Lipinski definition) is 3. The molecule has 80 valence electrons. The molecule has 0 aliphatic carbocycles. The quantitative estimate of drug-likeness (QED) is 0.292. The van der Waals surface area contributed by atoms with E-state index in [1.54, 1.807) is 7.11 Å². The van der Waals surface area contributed by atoms with Gasteiger partial charge in [-0.25, -0.2) is 0 Å². The SMILES string of the molecule is COCCC[N+](C)(C)C.N#CN=C=[N-]. The standard InChI is InChI=1S/C7H18NO.C2N3/c1-8(2,3)6-5-7-9-4;3-1-5-2-4/h5-7H2,1-4H3;/q+1;-1. The average Bonchev–Trinajstić information content (AvgIpc) is 2.05. The predicted octanol–water partition coefficient (Wildman–Crippen LogP) is 0.940. The molecule has 0 aliphatic heterocycles. The van der Waals surface area contributed by atoms with Crippen molar-refractivity contribution in [2.24, 2.45) is 4.99 Å². The fourth-order valence-corrected chi connectivity index (χ4v) is 0.706. The van der Waals surface area contributed by atoms with Crippen LogP contribution in [0, 0.1) is 11.5 Å². The van der Waals surface area contributed by atoms with E-state index in [-0.39, 0.29) is 0 Å². The van der Waals surface area contributed by atoms with Crippen LogP contribution in [-0.4, -0.2) is 51.9 Å². The fraction of sp³-hybridized carbons (Fsp3) is 0.778. The Kier molecular flexibility index (Phi) is 10.8. The van der Waals surface area contributed by atoms with E-state index < -0.39 is 0 Å². The first-order valence-electron chi connectivity index (χ1n) is 4.25. The van der Waals surface area contributed by atoms with Crippen LogP contribution in [0.1, 0.15) is 6.42 Å². The number of aliphatic imine (C=N–C) groups is 1. The highest BCUT2D eigenvalue weighted by molar-refractivity contribution is 5.46. The molecule has 0 rings (SSSR count). The summed E-state index contributed by atoms with van der Waals surface area (Å²) in [6.07, 6.45) is 2.43. The van der Waals surface area contributed by atoms with Gasteiger partial charge >= 0.3 is 0 Å². The van der Waals surface area contributed by atoms with Gasteiger partial charge < -0.3 is 19.6 Å². The molecule has 0 spiro atoms. The molecule has 5 heteroatoms.